The number of carbonyl (C=O) groups excluding carboxylic acids is 1. The SMILES string of the molecule is CN=C(NOC=O)c1nn(Cc2cc(F)ccc2F)c2ncccc12. The molecule has 0 amide bonds. The predicted octanol–water partition coefficient (Wildman–Crippen LogP) is 1.81. The van der Waals surface area contributed by atoms with Gasteiger partial charge in [0.25, 0.3) is 0 Å². The monoisotopic (exact) mass is 345 g/mol. The van der Waals surface area contributed by atoms with E-state index in [0.29, 0.717) is 16.7 Å². The highest BCUT2D eigenvalue weighted by atomic mass is 19.1. The summed E-state index contributed by atoms with van der Waals surface area (Å²) in [6, 6.07) is 6.66. The summed E-state index contributed by atoms with van der Waals surface area (Å²) in [5.41, 5.74) is 3.32. The fraction of sp³-hybridized carbons (Fsp3) is 0.125. The Hall–Kier alpha value is -3.36. The first-order valence-corrected chi connectivity index (χ1v) is 7.22. The Kier molecular flexibility index (Phi) is 4.64. The zero-order valence-electron chi connectivity index (χ0n) is 13.1. The highest BCUT2D eigenvalue weighted by Crippen LogP contribution is 2.19. The number of fused-ring (bicyclic) bond motifs is 1. The van der Waals surface area contributed by atoms with Crippen molar-refractivity contribution in [2.45, 2.75) is 6.54 Å². The minimum atomic E-state index is -0.547. The van der Waals surface area contributed by atoms with Crippen molar-refractivity contribution in [2.24, 2.45) is 4.99 Å². The minimum Gasteiger partial charge on any atom is -0.345 e. The summed E-state index contributed by atoms with van der Waals surface area (Å²) in [5, 5.41) is 4.97. The van der Waals surface area contributed by atoms with Crippen LogP contribution in [0.1, 0.15) is 11.3 Å². The van der Waals surface area contributed by atoms with E-state index in [4.69, 9.17) is 0 Å². The molecule has 9 heteroatoms. The van der Waals surface area contributed by atoms with Gasteiger partial charge in [0.15, 0.2) is 11.5 Å². The molecule has 0 saturated carbocycles. The molecule has 0 aliphatic heterocycles. The lowest BCUT2D eigenvalue weighted by atomic mass is 10.2. The van der Waals surface area contributed by atoms with E-state index < -0.39 is 11.6 Å². The first kappa shape index (κ1) is 16.5. The maximum atomic E-state index is 13.9. The third-order valence-corrected chi connectivity index (χ3v) is 3.49. The third kappa shape index (κ3) is 3.30. The van der Waals surface area contributed by atoms with Crippen molar-refractivity contribution < 1.29 is 18.4 Å². The average Bonchev–Trinajstić information content (AvgIpc) is 2.98. The average molecular weight is 345 g/mol. The largest absolute Gasteiger partial charge is 0.345 e. The Morgan fingerprint density at radius 3 is 3.00 bits per heavy atom. The Labute approximate surface area is 140 Å². The molecule has 0 radical (unpaired) electrons. The molecular weight excluding hydrogens is 332 g/mol. The molecule has 128 valence electrons. The van der Waals surface area contributed by atoms with Crippen LogP contribution < -0.4 is 5.48 Å². The topological polar surface area (TPSA) is 81.4 Å². The number of benzene rings is 1. The standard InChI is InChI=1S/C16H13F2N5O2/c1-19-15(22-25-9-24)14-12-3-2-6-20-16(12)23(21-14)8-10-7-11(17)4-5-13(10)18/h2-7,9H,8H2,1H3,(H,19,22). The van der Waals surface area contributed by atoms with Crippen molar-refractivity contribution in [3.8, 4) is 0 Å². The normalized spacial score (nSPS) is 11.6. The van der Waals surface area contributed by atoms with Gasteiger partial charge in [0, 0.05) is 18.8 Å². The number of hydrogen-bond donors (Lipinski definition) is 1. The van der Waals surface area contributed by atoms with Crippen molar-refractivity contribution in [1.82, 2.24) is 20.2 Å². The Bertz CT molecular complexity index is 955. The number of aromatic nitrogens is 3. The molecule has 3 rings (SSSR count). The molecule has 0 saturated heterocycles. The quantitative estimate of drug-likeness (QED) is 0.330. The number of hydrogen-bond acceptors (Lipinski definition) is 5. The summed E-state index contributed by atoms with van der Waals surface area (Å²) < 4.78 is 28.8. The number of nitrogens with one attached hydrogen (secondary N) is 1. The number of nitrogens with zero attached hydrogens (tertiary/aromatic N) is 4. The Balaban J connectivity index is 2.07. The van der Waals surface area contributed by atoms with Crippen LogP contribution in [0.15, 0.2) is 41.5 Å². The van der Waals surface area contributed by atoms with E-state index in [1.54, 1.807) is 18.3 Å². The van der Waals surface area contributed by atoms with Crippen molar-refractivity contribution in [3.05, 3.63) is 59.4 Å². The molecule has 0 unspecified atom stereocenters. The van der Waals surface area contributed by atoms with Gasteiger partial charge in [0.1, 0.15) is 17.3 Å². The highest BCUT2D eigenvalue weighted by molar-refractivity contribution is 6.06. The van der Waals surface area contributed by atoms with Crippen LogP contribution in [-0.4, -0.2) is 34.1 Å². The number of rotatable bonds is 5. The molecule has 0 fully saturated rings. The van der Waals surface area contributed by atoms with E-state index in [2.05, 4.69) is 25.4 Å². The van der Waals surface area contributed by atoms with E-state index in [0.717, 1.165) is 18.2 Å². The molecule has 0 bridgehead atoms. The van der Waals surface area contributed by atoms with E-state index in [1.165, 1.54) is 11.7 Å². The van der Waals surface area contributed by atoms with Gasteiger partial charge in [-0.2, -0.15) is 10.6 Å². The van der Waals surface area contributed by atoms with Crippen LogP contribution in [0, 0.1) is 11.6 Å². The number of aliphatic imine (C=N–C) groups is 1. The summed E-state index contributed by atoms with van der Waals surface area (Å²) in [4.78, 5) is 23.1. The second-order valence-corrected chi connectivity index (χ2v) is 5.00. The number of halogens is 2. The lowest BCUT2D eigenvalue weighted by molar-refractivity contribution is -0.132. The minimum absolute atomic E-state index is 0.0252. The Morgan fingerprint density at radius 2 is 2.24 bits per heavy atom. The lowest BCUT2D eigenvalue weighted by Gasteiger charge is -2.05. The maximum absolute atomic E-state index is 13.9. The zero-order valence-corrected chi connectivity index (χ0v) is 13.1. The van der Waals surface area contributed by atoms with Gasteiger partial charge in [0.05, 0.1) is 11.9 Å². The van der Waals surface area contributed by atoms with Gasteiger partial charge >= 0.3 is 6.47 Å². The molecule has 7 nitrogen and oxygen atoms in total. The van der Waals surface area contributed by atoms with Gasteiger partial charge in [0.2, 0.25) is 0 Å². The van der Waals surface area contributed by atoms with Gasteiger partial charge in [-0.15, -0.1) is 0 Å². The fourth-order valence-electron chi connectivity index (χ4n) is 2.40. The molecule has 0 spiro atoms. The summed E-state index contributed by atoms with van der Waals surface area (Å²) in [5.74, 6) is -0.893. The molecule has 25 heavy (non-hydrogen) atoms. The van der Waals surface area contributed by atoms with Crippen molar-refractivity contribution in [2.75, 3.05) is 7.05 Å². The van der Waals surface area contributed by atoms with Crippen LogP contribution in [0.5, 0.6) is 0 Å². The van der Waals surface area contributed by atoms with Crippen LogP contribution in [0.25, 0.3) is 11.0 Å². The van der Waals surface area contributed by atoms with E-state index in [9.17, 15) is 13.6 Å². The second kappa shape index (κ2) is 7.04. The fourth-order valence-corrected chi connectivity index (χ4v) is 2.40. The molecule has 0 atom stereocenters. The lowest BCUT2D eigenvalue weighted by Crippen LogP contribution is -2.25. The molecule has 1 aromatic carbocycles. The summed E-state index contributed by atoms with van der Waals surface area (Å²) >= 11 is 0. The predicted molar refractivity (Wildman–Crippen MR) is 85.7 cm³/mol. The Morgan fingerprint density at radius 1 is 1.40 bits per heavy atom. The van der Waals surface area contributed by atoms with Gasteiger partial charge in [-0.25, -0.2) is 18.4 Å². The van der Waals surface area contributed by atoms with Crippen LogP contribution in [0.3, 0.4) is 0 Å². The third-order valence-electron chi connectivity index (χ3n) is 3.49. The summed E-state index contributed by atoms with van der Waals surface area (Å²) in [7, 11) is 1.49. The number of pyridine rings is 1. The molecule has 0 aliphatic rings. The molecule has 0 aliphatic carbocycles. The molecule has 1 N–H and O–H groups in total. The zero-order chi connectivity index (χ0) is 17.8. The molecule has 2 aromatic heterocycles. The van der Waals surface area contributed by atoms with Crippen molar-refractivity contribution in [3.63, 3.8) is 0 Å². The molecular formula is C16H13F2N5O2. The maximum Gasteiger partial charge on any atom is 0.320 e. The summed E-state index contributed by atoms with van der Waals surface area (Å²) in [6.45, 7) is 0.188. The smallest absolute Gasteiger partial charge is 0.320 e. The highest BCUT2D eigenvalue weighted by Gasteiger charge is 2.17. The van der Waals surface area contributed by atoms with E-state index in [-0.39, 0.29) is 24.4 Å². The summed E-state index contributed by atoms with van der Waals surface area (Å²) in [6.07, 6.45) is 1.56. The molecule has 2 heterocycles. The molecule has 3 aromatic rings. The van der Waals surface area contributed by atoms with Gasteiger partial charge in [-0.1, -0.05) is 0 Å². The van der Waals surface area contributed by atoms with Gasteiger partial charge < -0.3 is 4.84 Å². The van der Waals surface area contributed by atoms with Crippen LogP contribution in [0.4, 0.5) is 8.78 Å². The van der Waals surface area contributed by atoms with Crippen molar-refractivity contribution >= 4 is 23.3 Å². The van der Waals surface area contributed by atoms with Crippen LogP contribution in [0.2, 0.25) is 0 Å². The van der Waals surface area contributed by atoms with Gasteiger partial charge in [-0.05, 0) is 30.3 Å². The first-order chi connectivity index (χ1) is 12.1. The van der Waals surface area contributed by atoms with Crippen molar-refractivity contribution in [1.29, 1.82) is 0 Å². The van der Waals surface area contributed by atoms with E-state index >= 15 is 0 Å². The second-order valence-electron chi connectivity index (χ2n) is 5.00. The number of amidine groups is 1. The number of hydroxylamine groups is 1. The number of carbonyl (C=O) groups is 1. The van der Waals surface area contributed by atoms with Crippen LogP contribution in [-0.2, 0) is 16.2 Å². The van der Waals surface area contributed by atoms with Crippen LogP contribution >= 0.6 is 0 Å². The first-order valence-electron chi connectivity index (χ1n) is 7.22. The van der Waals surface area contributed by atoms with Gasteiger partial charge in [-0.3, -0.25) is 9.79 Å². The van der Waals surface area contributed by atoms with E-state index in [1.807, 2.05) is 0 Å².